The molecule has 0 saturated carbocycles. The van der Waals surface area contributed by atoms with Crippen LogP contribution in [-0.4, -0.2) is 5.25 Å². The minimum absolute atomic E-state index is 0.147. The summed E-state index contributed by atoms with van der Waals surface area (Å²) in [6, 6.07) is 19.0. The van der Waals surface area contributed by atoms with Gasteiger partial charge in [-0.15, -0.1) is 0 Å². The molecule has 0 fully saturated rings. The molecule has 0 amide bonds. The molecule has 0 radical (unpaired) electrons. The Labute approximate surface area is 175 Å². The maximum Gasteiger partial charge on any atom is 0.161 e. The Morgan fingerprint density at radius 3 is 1.46 bits per heavy atom. The summed E-state index contributed by atoms with van der Waals surface area (Å²) in [5.74, 6) is 1.87. The van der Waals surface area contributed by atoms with Crippen molar-refractivity contribution in [3.63, 3.8) is 0 Å². The van der Waals surface area contributed by atoms with E-state index in [0.717, 1.165) is 5.25 Å². The fraction of sp³-hybridized carbons (Fsp3) is 0.481. The predicted octanol–water partition coefficient (Wildman–Crippen LogP) is 8.10. The van der Waals surface area contributed by atoms with Crippen molar-refractivity contribution in [3.05, 3.63) is 71.3 Å². The number of allylic oxidation sites excluding steroid dienone is 2. The van der Waals surface area contributed by atoms with Gasteiger partial charge in [-0.3, -0.25) is 0 Å². The van der Waals surface area contributed by atoms with Gasteiger partial charge in [0.15, 0.2) is 9.79 Å². The van der Waals surface area contributed by atoms with Crippen molar-refractivity contribution in [1.29, 1.82) is 0 Å². The second-order valence-electron chi connectivity index (χ2n) is 9.12. The molecule has 0 bridgehead atoms. The van der Waals surface area contributed by atoms with Crippen LogP contribution in [0.4, 0.5) is 0 Å². The zero-order valence-corrected chi connectivity index (χ0v) is 19.4. The maximum absolute atomic E-state index is 2.55. The van der Waals surface area contributed by atoms with Crippen LogP contribution in [0.5, 0.6) is 0 Å². The summed E-state index contributed by atoms with van der Waals surface area (Å²) in [5.41, 5.74) is 4.53. The quantitative estimate of drug-likeness (QED) is 0.343. The van der Waals surface area contributed by atoms with Crippen molar-refractivity contribution in [3.8, 4) is 0 Å². The molecule has 0 heterocycles. The molecule has 3 rings (SSSR count). The third-order valence-electron chi connectivity index (χ3n) is 6.07. The van der Waals surface area contributed by atoms with Gasteiger partial charge in [0.05, 0.1) is 10.9 Å². The van der Waals surface area contributed by atoms with Crippen LogP contribution in [0.25, 0.3) is 0 Å². The Kier molecular flexibility index (Phi) is 7.10. The zero-order valence-electron chi connectivity index (χ0n) is 18.5. The van der Waals surface area contributed by atoms with E-state index in [-0.39, 0.29) is 10.9 Å². The molecule has 0 N–H and O–H groups in total. The van der Waals surface area contributed by atoms with Crippen LogP contribution in [0.1, 0.15) is 83.8 Å². The second-order valence-corrected chi connectivity index (χ2v) is 11.4. The SMILES string of the molecule is CC(C)C1=CCC([S+](c2ccc(C(C)C)cc2)c2ccc(C(C)C)cc2)CC1. The van der Waals surface area contributed by atoms with Crippen molar-refractivity contribution >= 4 is 10.9 Å². The number of benzene rings is 2. The van der Waals surface area contributed by atoms with Crippen LogP contribution in [0, 0.1) is 5.92 Å². The topological polar surface area (TPSA) is 0 Å². The van der Waals surface area contributed by atoms with Crippen LogP contribution in [-0.2, 0) is 10.9 Å². The fourth-order valence-corrected chi connectivity index (χ4v) is 6.63. The number of rotatable bonds is 6. The minimum atomic E-state index is 0.147. The summed E-state index contributed by atoms with van der Waals surface area (Å²) >= 11 is 0. The molecule has 0 saturated heterocycles. The van der Waals surface area contributed by atoms with Crippen molar-refractivity contribution in [2.45, 2.75) is 87.7 Å². The van der Waals surface area contributed by atoms with Gasteiger partial charge in [-0.25, -0.2) is 0 Å². The third kappa shape index (κ3) is 4.92. The van der Waals surface area contributed by atoms with Crippen LogP contribution in [0.15, 0.2) is 70.0 Å². The lowest BCUT2D eigenvalue weighted by Crippen LogP contribution is -2.25. The van der Waals surface area contributed by atoms with Crippen LogP contribution >= 0.6 is 0 Å². The van der Waals surface area contributed by atoms with Crippen molar-refractivity contribution in [1.82, 2.24) is 0 Å². The normalized spacial score (nSPS) is 17.6. The van der Waals surface area contributed by atoms with Crippen molar-refractivity contribution in [2.75, 3.05) is 0 Å². The zero-order chi connectivity index (χ0) is 20.3. The van der Waals surface area contributed by atoms with E-state index in [9.17, 15) is 0 Å². The molecule has 0 aliphatic heterocycles. The summed E-state index contributed by atoms with van der Waals surface area (Å²) < 4.78 is 0. The number of hydrogen-bond donors (Lipinski definition) is 0. The third-order valence-corrected chi connectivity index (χ3v) is 8.73. The molecule has 150 valence electrons. The molecule has 0 spiro atoms. The van der Waals surface area contributed by atoms with E-state index in [1.165, 1.54) is 40.2 Å². The van der Waals surface area contributed by atoms with Gasteiger partial charge in [0.2, 0.25) is 0 Å². The van der Waals surface area contributed by atoms with E-state index < -0.39 is 0 Å². The van der Waals surface area contributed by atoms with Crippen LogP contribution in [0.3, 0.4) is 0 Å². The smallest absolute Gasteiger partial charge is 0.0801 e. The Hall–Kier alpha value is -1.47. The highest BCUT2D eigenvalue weighted by atomic mass is 32.2. The van der Waals surface area contributed by atoms with Gasteiger partial charge in [0.1, 0.15) is 5.25 Å². The monoisotopic (exact) mass is 393 g/mol. The van der Waals surface area contributed by atoms with Crippen LogP contribution < -0.4 is 0 Å². The average Bonchev–Trinajstić information content (AvgIpc) is 2.69. The molecular weight excluding hydrogens is 356 g/mol. The highest BCUT2D eigenvalue weighted by Gasteiger charge is 2.36. The molecule has 1 heteroatoms. The van der Waals surface area contributed by atoms with Gasteiger partial charge in [-0.2, -0.15) is 0 Å². The van der Waals surface area contributed by atoms with E-state index >= 15 is 0 Å². The largest absolute Gasteiger partial charge is 0.161 e. The van der Waals surface area contributed by atoms with E-state index in [2.05, 4.69) is 96.1 Å². The highest BCUT2D eigenvalue weighted by Crippen LogP contribution is 2.37. The van der Waals surface area contributed by atoms with Gasteiger partial charge in [0, 0.05) is 6.42 Å². The molecule has 28 heavy (non-hydrogen) atoms. The van der Waals surface area contributed by atoms with Gasteiger partial charge >= 0.3 is 0 Å². The van der Waals surface area contributed by atoms with Gasteiger partial charge in [0.25, 0.3) is 0 Å². The molecule has 1 atom stereocenters. The summed E-state index contributed by atoms with van der Waals surface area (Å²) in [7, 11) is 0.147. The van der Waals surface area contributed by atoms with E-state index in [0.29, 0.717) is 17.8 Å². The average molecular weight is 394 g/mol. The predicted molar refractivity (Wildman–Crippen MR) is 126 cm³/mol. The first-order valence-electron chi connectivity index (χ1n) is 11.0. The first kappa shape index (κ1) is 21.2. The molecule has 1 unspecified atom stereocenters. The molecule has 0 aromatic heterocycles. The Morgan fingerprint density at radius 2 is 1.14 bits per heavy atom. The molecule has 2 aromatic rings. The lowest BCUT2D eigenvalue weighted by atomic mass is 9.91. The summed E-state index contributed by atoms with van der Waals surface area (Å²) in [4.78, 5) is 3.01. The van der Waals surface area contributed by atoms with Gasteiger partial charge in [-0.1, -0.05) is 77.5 Å². The first-order valence-corrected chi connectivity index (χ1v) is 12.3. The van der Waals surface area contributed by atoms with E-state index in [1.807, 2.05) is 0 Å². The molecule has 1 aliphatic carbocycles. The summed E-state index contributed by atoms with van der Waals surface area (Å²) in [6.07, 6.45) is 6.34. The lowest BCUT2D eigenvalue weighted by Gasteiger charge is -2.24. The van der Waals surface area contributed by atoms with Crippen LogP contribution in [0.2, 0.25) is 0 Å². The Morgan fingerprint density at radius 1 is 0.679 bits per heavy atom. The summed E-state index contributed by atoms with van der Waals surface area (Å²) in [5, 5.41) is 0.720. The standard InChI is InChI=1S/C27H37S/c1-19(2)22-7-13-25(14-8-22)28(26-15-9-23(10-16-26)20(3)4)27-17-11-24(12-18-27)21(5)6/h7-11,13-16,19-21,27H,12,17-18H2,1-6H3/q+1. The molecule has 0 nitrogen and oxygen atoms in total. The fourth-order valence-electron chi connectivity index (χ4n) is 4.09. The second kappa shape index (κ2) is 9.35. The highest BCUT2D eigenvalue weighted by molar-refractivity contribution is 7.97. The van der Waals surface area contributed by atoms with Crippen molar-refractivity contribution < 1.29 is 0 Å². The Bertz CT molecular complexity index is 727. The number of hydrogen-bond acceptors (Lipinski definition) is 0. The van der Waals surface area contributed by atoms with Gasteiger partial charge in [-0.05, 0) is 66.0 Å². The minimum Gasteiger partial charge on any atom is -0.0801 e. The maximum atomic E-state index is 2.55. The molecule has 1 aliphatic rings. The first-order chi connectivity index (χ1) is 13.4. The van der Waals surface area contributed by atoms with Crippen molar-refractivity contribution in [2.24, 2.45) is 5.92 Å². The Balaban J connectivity index is 1.94. The summed E-state index contributed by atoms with van der Waals surface area (Å²) in [6.45, 7) is 13.8. The molecular formula is C27H37S+. The van der Waals surface area contributed by atoms with E-state index in [4.69, 9.17) is 0 Å². The lowest BCUT2D eigenvalue weighted by molar-refractivity contribution is 0.626. The molecule has 2 aromatic carbocycles. The van der Waals surface area contributed by atoms with E-state index in [1.54, 1.807) is 5.57 Å². The van der Waals surface area contributed by atoms with Gasteiger partial charge < -0.3 is 0 Å².